The van der Waals surface area contributed by atoms with Crippen LogP contribution in [0.15, 0.2) is 12.1 Å². The Hall–Kier alpha value is -1.19. The third-order valence-electron chi connectivity index (χ3n) is 2.63. The maximum absolute atomic E-state index is 13.4. The van der Waals surface area contributed by atoms with Crippen molar-refractivity contribution in [2.24, 2.45) is 5.92 Å². The maximum Gasteiger partial charge on any atom is 0.400 e. The van der Waals surface area contributed by atoms with Crippen LogP contribution in [-0.4, -0.2) is 6.11 Å². The van der Waals surface area contributed by atoms with Crippen molar-refractivity contribution in [3.05, 3.63) is 29.1 Å². The van der Waals surface area contributed by atoms with E-state index in [-0.39, 0.29) is 17.7 Å². The molecule has 15 heavy (non-hydrogen) atoms. The summed E-state index contributed by atoms with van der Waals surface area (Å²) in [6, 6.07) is 2.77. The summed E-state index contributed by atoms with van der Waals surface area (Å²) in [7, 11) is 0. The van der Waals surface area contributed by atoms with Crippen molar-refractivity contribution < 1.29 is 17.9 Å². The Kier molecular flexibility index (Phi) is 2.17. The van der Waals surface area contributed by atoms with E-state index in [4.69, 9.17) is 0 Å². The molecule has 0 N–H and O–H groups in total. The molecule has 1 heterocycles. The zero-order valence-corrected chi connectivity index (χ0v) is 8.48. The van der Waals surface area contributed by atoms with Gasteiger partial charge in [-0.3, -0.25) is 0 Å². The Labute approximate surface area is 85.9 Å². The Bertz CT molecular complexity index is 401. The molecule has 0 spiro atoms. The van der Waals surface area contributed by atoms with Gasteiger partial charge >= 0.3 is 6.11 Å². The Morgan fingerprint density at radius 3 is 2.73 bits per heavy atom. The second-order valence-electron chi connectivity index (χ2n) is 3.99. The lowest BCUT2D eigenvalue weighted by Crippen LogP contribution is -2.38. The molecule has 0 saturated carbocycles. The van der Waals surface area contributed by atoms with Crippen molar-refractivity contribution in [3.8, 4) is 5.75 Å². The van der Waals surface area contributed by atoms with E-state index in [1.165, 1.54) is 19.1 Å². The molecule has 4 heteroatoms. The van der Waals surface area contributed by atoms with Crippen LogP contribution in [0.5, 0.6) is 5.75 Å². The van der Waals surface area contributed by atoms with Crippen LogP contribution in [0.3, 0.4) is 0 Å². The molecule has 1 aliphatic rings. The van der Waals surface area contributed by atoms with E-state index in [1.54, 1.807) is 6.92 Å². The molecule has 82 valence electrons. The van der Waals surface area contributed by atoms with E-state index in [0.717, 1.165) is 0 Å². The molecule has 0 amide bonds. The molecule has 1 aromatic rings. The highest BCUT2D eigenvalue weighted by atomic mass is 19.3. The highest BCUT2D eigenvalue weighted by Gasteiger charge is 2.44. The quantitative estimate of drug-likeness (QED) is 0.646. The van der Waals surface area contributed by atoms with Crippen LogP contribution in [0.2, 0.25) is 0 Å². The van der Waals surface area contributed by atoms with Gasteiger partial charge in [-0.15, -0.1) is 0 Å². The lowest BCUT2D eigenvalue weighted by Gasteiger charge is -2.31. The molecular weight excluding hydrogens is 205 g/mol. The first-order valence-electron chi connectivity index (χ1n) is 4.76. The van der Waals surface area contributed by atoms with E-state index in [0.29, 0.717) is 5.56 Å². The minimum atomic E-state index is -3.20. The zero-order valence-electron chi connectivity index (χ0n) is 8.48. The smallest absolute Gasteiger partial charge is 0.400 e. The van der Waals surface area contributed by atoms with Crippen molar-refractivity contribution in [2.45, 2.75) is 26.4 Å². The zero-order chi connectivity index (χ0) is 11.2. The Morgan fingerprint density at radius 1 is 1.40 bits per heavy atom. The molecule has 0 saturated heterocycles. The SMILES string of the molecule is Cc1cc(F)c2c(c1)OC(F)(F)C(C)C2. The largest absolute Gasteiger partial charge is 0.432 e. The number of benzene rings is 1. The van der Waals surface area contributed by atoms with Gasteiger partial charge < -0.3 is 4.74 Å². The van der Waals surface area contributed by atoms with Crippen LogP contribution in [-0.2, 0) is 6.42 Å². The van der Waals surface area contributed by atoms with Gasteiger partial charge in [0.2, 0.25) is 0 Å². The van der Waals surface area contributed by atoms with Gasteiger partial charge in [0.05, 0.1) is 5.92 Å². The predicted molar refractivity (Wildman–Crippen MR) is 49.6 cm³/mol. The van der Waals surface area contributed by atoms with Gasteiger partial charge in [0, 0.05) is 5.56 Å². The molecule has 0 aliphatic carbocycles. The first-order valence-corrected chi connectivity index (χ1v) is 4.76. The molecule has 1 unspecified atom stereocenters. The molecule has 1 atom stereocenters. The summed E-state index contributed by atoms with van der Waals surface area (Å²) in [6.07, 6.45) is -3.19. The number of hydrogen-bond acceptors (Lipinski definition) is 1. The van der Waals surface area contributed by atoms with Gasteiger partial charge in [-0.2, -0.15) is 8.78 Å². The highest BCUT2D eigenvalue weighted by Crippen LogP contribution is 2.40. The van der Waals surface area contributed by atoms with Gasteiger partial charge in [0.1, 0.15) is 11.6 Å². The molecule has 0 radical (unpaired) electrons. The van der Waals surface area contributed by atoms with Crippen LogP contribution in [0.4, 0.5) is 13.2 Å². The maximum atomic E-state index is 13.4. The van der Waals surface area contributed by atoms with Crippen molar-refractivity contribution >= 4 is 0 Å². The van der Waals surface area contributed by atoms with Crippen LogP contribution < -0.4 is 4.74 Å². The molecule has 0 fully saturated rings. The third-order valence-corrected chi connectivity index (χ3v) is 2.63. The normalized spacial score (nSPS) is 23.1. The molecule has 1 aromatic carbocycles. The number of ether oxygens (including phenoxy) is 1. The number of hydrogen-bond donors (Lipinski definition) is 0. The number of fused-ring (bicyclic) bond motifs is 1. The lowest BCUT2D eigenvalue weighted by molar-refractivity contribution is -0.219. The first kappa shape index (κ1) is 10.3. The van der Waals surface area contributed by atoms with Crippen molar-refractivity contribution in [1.82, 2.24) is 0 Å². The van der Waals surface area contributed by atoms with Gasteiger partial charge in [0.25, 0.3) is 0 Å². The summed E-state index contributed by atoms with van der Waals surface area (Å²) in [4.78, 5) is 0. The van der Waals surface area contributed by atoms with E-state index in [9.17, 15) is 13.2 Å². The fraction of sp³-hybridized carbons (Fsp3) is 0.455. The number of alkyl halides is 2. The summed E-state index contributed by atoms with van der Waals surface area (Å²) in [5.41, 5.74) is 0.829. The monoisotopic (exact) mass is 216 g/mol. The lowest BCUT2D eigenvalue weighted by atomic mass is 9.95. The molecule has 2 rings (SSSR count). The number of aryl methyl sites for hydroxylation is 1. The fourth-order valence-corrected chi connectivity index (χ4v) is 1.70. The Morgan fingerprint density at radius 2 is 2.07 bits per heavy atom. The Balaban J connectivity index is 2.50. The molecule has 1 aliphatic heterocycles. The standard InChI is InChI=1S/C11H11F3O/c1-6-3-9(12)8-5-7(2)11(13,14)15-10(8)4-6/h3-4,7H,5H2,1-2H3. The van der Waals surface area contributed by atoms with Gasteiger partial charge in [0.15, 0.2) is 0 Å². The molecule has 0 aromatic heterocycles. The van der Waals surface area contributed by atoms with E-state index < -0.39 is 17.8 Å². The van der Waals surface area contributed by atoms with E-state index >= 15 is 0 Å². The average molecular weight is 216 g/mol. The predicted octanol–water partition coefficient (Wildman–Crippen LogP) is 3.30. The van der Waals surface area contributed by atoms with Crippen LogP contribution >= 0.6 is 0 Å². The topological polar surface area (TPSA) is 9.23 Å². The number of rotatable bonds is 0. The van der Waals surface area contributed by atoms with Gasteiger partial charge in [-0.1, -0.05) is 6.92 Å². The average Bonchev–Trinajstić information content (AvgIpc) is 2.08. The molecule has 0 bridgehead atoms. The van der Waals surface area contributed by atoms with Crippen molar-refractivity contribution in [3.63, 3.8) is 0 Å². The first-order chi connectivity index (χ1) is 6.90. The van der Waals surface area contributed by atoms with Crippen molar-refractivity contribution in [2.75, 3.05) is 0 Å². The van der Waals surface area contributed by atoms with Gasteiger partial charge in [-0.25, -0.2) is 4.39 Å². The molecular formula is C11H11F3O. The summed E-state index contributed by atoms with van der Waals surface area (Å²) in [6.45, 7) is 2.99. The third kappa shape index (κ3) is 1.68. The summed E-state index contributed by atoms with van der Waals surface area (Å²) in [5.74, 6) is -1.50. The minimum Gasteiger partial charge on any atom is -0.432 e. The van der Waals surface area contributed by atoms with Gasteiger partial charge in [-0.05, 0) is 31.0 Å². The second kappa shape index (κ2) is 3.15. The van der Waals surface area contributed by atoms with Crippen LogP contribution in [0.25, 0.3) is 0 Å². The summed E-state index contributed by atoms with van der Waals surface area (Å²) in [5, 5.41) is 0. The van der Waals surface area contributed by atoms with E-state index in [2.05, 4.69) is 4.74 Å². The fourth-order valence-electron chi connectivity index (χ4n) is 1.70. The summed E-state index contributed by atoms with van der Waals surface area (Å²) < 4.78 is 44.3. The second-order valence-corrected chi connectivity index (χ2v) is 3.99. The van der Waals surface area contributed by atoms with Crippen molar-refractivity contribution in [1.29, 1.82) is 0 Å². The highest BCUT2D eigenvalue weighted by molar-refractivity contribution is 5.40. The van der Waals surface area contributed by atoms with E-state index in [1.807, 2.05) is 0 Å². The number of halogens is 3. The summed E-state index contributed by atoms with van der Waals surface area (Å²) >= 11 is 0. The van der Waals surface area contributed by atoms with Crippen LogP contribution in [0, 0.1) is 18.7 Å². The molecule has 1 nitrogen and oxygen atoms in total. The van der Waals surface area contributed by atoms with Crippen LogP contribution in [0.1, 0.15) is 18.1 Å². The minimum absolute atomic E-state index is 0.00838.